The van der Waals surface area contributed by atoms with Crippen LogP contribution in [0.2, 0.25) is 10.0 Å². The van der Waals surface area contributed by atoms with Crippen LogP contribution in [0, 0.1) is 0 Å². The lowest BCUT2D eigenvalue weighted by molar-refractivity contribution is -0.116. The number of carbonyl (C=O) groups is 1. The molecule has 2 nitrogen and oxygen atoms in total. The molecule has 0 atom stereocenters. The Hall–Kier alpha value is -1.51. The first-order valence-electron chi connectivity index (χ1n) is 6.44. The minimum Gasteiger partial charge on any atom is -0.326 e. The van der Waals surface area contributed by atoms with Crippen molar-refractivity contribution in [1.82, 2.24) is 0 Å². The highest BCUT2D eigenvalue weighted by molar-refractivity contribution is 6.42. The molecule has 2 rings (SSSR count). The molecule has 0 saturated heterocycles. The maximum Gasteiger partial charge on any atom is 0.224 e. The fourth-order valence-corrected chi connectivity index (χ4v) is 2.19. The number of amides is 1. The van der Waals surface area contributed by atoms with E-state index in [2.05, 4.69) is 17.4 Å². The lowest BCUT2D eigenvalue weighted by Gasteiger charge is -2.06. The van der Waals surface area contributed by atoms with Crippen LogP contribution in [0.5, 0.6) is 0 Å². The van der Waals surface area contributed by atoms with Gasteiger partial charge < -0.3 is 5.32 Å². The highest BCUT2D eigenvalue weighted by atomic mass is 35.5. The van der Waals surface area contributed by atoms with Gasteiger partial charge >= 0.3 is 0 Å². The second-order valence-corrected chi connectivity index (χ2v) is 5.33. The van der Waals surface area contributed by atoms with Gasteiger partial charge in [-0.05, 0) is 36.6 Å². The molecule has 0 unspecified atom stereocenters. The zero-order valence-corrected chi connectivity index (χ0v) is 12.4. The van der Waals surface area contributed by atoms with Crippen LogP contribution in [0.25, 0.3) is 0 Å². The van der Waals surface area contributed by atoms with Crippen molar-refractivity contribution in [3.8, 4) is 0 Å². The molecule has 0 spiro atoms. The van der Waals surface area contributed by atoms with Crippen molar-refractivity contribution in [2.45, 2.75) is 19.3 Å². The quantitative estimate of drug-likeness (QED) is 0.831. The van der Waals surface area contributed by atoms with Crippen LogP contribution in [0.3, 0.4) is 0 Å². The van der Waals surface area contributed by atoms with Crippen LogP contribution in [-0.2, 0) is 11.2 Å². The fraction of sp³-hybridized carbons (Fsp3) is 0.188. The van der Waals surface area contributed by atoms with Gasteiger partial charge in [-0.2, -0.15) is 0 Å². The third-order valence-corrected chi connectivity index (χ3v) is 3.65. The topological polar surface area (TPSA) is 29.1 Å². The second kappa shape index (κ2) is 7.32. The summed E-state index contributed by atoms with van der Waals surface area (Å²) in [5.74, 6) is -0.0145. The van der Waals surface area contributed by atoms with E-state index in [1.165, 1.54) is 5.56 Å². The third-order valence-electron chi connectivity index (χ3n) is 2.92. The SMILES string of the molecule is O=C(CCCc1ccccc1)Nc1ccc(Cl)c(Cl)c1. The van der Waals surface area contributed by atoms with E-state index in [-0.39, 0.29) is 5.91 Å². The average Bonchev–Trinajstić information content (AvgIpc) is 2.44. The summed E-state index contributed by atoms with van der Waals surface area (Å²) >= 11 is 11.7. The molecule has 2 aromatic rings. The minimum absolute atomic E-state index is 0.0145. The first-order valence-corrected chi connectivity index (χ1v) is 7.19. The summed E-state index contributed by atoms with van der Waals surface area (Å²) in [6.07, 6.45) is 2.20. The lowest BCUT2D eigenvalue weighted by atomic mass is 10.1. The van der Waals surface area contributed by atoms with E-state index >= 15 is 0 Å². The molecule has 1 N–H and O–H groups in total. The smallest absolute Gasteiger partial charge is 0.224 e. The molecular weight excluding hydrogens is 293 g/mol. The summed E-state index contributed by atoms with van der Waals surface area (Å²) in [5, 5.41) is 3.73. The molecule has 20 heavy (non-hydrogen) atoms. The van der Waals surface area contributed by atoms with Gasteiger partial charge in [0.15, 0.2) is 0 Å². The Morgan fingerprint density at radius 3 is 2.45 bits per heavy atom. The van der Waals surface area contributed by atoms with E-state index in [4.69, 9.17) is 23.2 Å². The average molecular weight is 308 g/mol. The van der Waals surface area contributed by atoms with Gasteiger partial charge in [-0.15, -0.1) is 0 Å². The maximum absolute atomic E-state index is 11.8. The van der Waals surface area contributed by atoms with Crippen molar-refractivity contribution in [3.05, 3.63) is 64.1 Å². The third kappa shape index (κ3) is 4.55. The minimum atomic E-state index is -0.0145. The van der Waals surface area contributed by atoms with Crippen molar-refractivity contribution < 1.29 is 4.79 Å². The van der Waals surface area contributed by atoms with Crippen molar-refractivity contribution in [3.63, 3.8) is 0 Å². The number of carbonyl (C=O) groups excluding carboxylic acids is 1. The van der Waals surface area contributed by atoms with Crippen molar-refractivity contribution in [2.24, 2.45) is 0 Å². The van der Waals surface area contributed by atoms with E-state index in [0.717, 1.165) is 12.8 Å². The molecule has 0 aliphatic carbocycles. The molecule has 4 heteroatoms. The monoisotopic (exact) mass is 307 g/mol. The zero-order chi connectivity index (χ0) is 14.4. The molecule has 1 amide bonds. The van der Waals surface area contributed by atoms with Crippen LogP contribution >= 0.6 is 23.2 Å². The van der Waals surface area contributed by atoms with Crippen LogP contribution in [0.4, 0.5) is 5.69 Å². The Kier molecular flexibility index (Phi) is 5.45. The lowest BCUT2D eigenvalue weighted by Crippen LogP contribution is -2.11. The van der Waals surface area contributed by atoms with Gasteiger partial charge in [0.1, 0.15) is 0 Å². The molecule has 0 saturated carbocycles. The number of hydrogen-bond donors (Lipinski definition) is 1. The van der Waals surface area contributed by atoms with E-state index in [9.17, 15) is 4.79 Å². The molecule has 2 aromatic carbocycles. The van der Waals surface area contributed by atoms with Gasteiger partial charge in [0.05, 0.1) is 10.0 Å². The number of nitrogens with one attached hydrogen (secondary N) is 1. The van der Waals surface area contributed by atoms with Gasteiger partial charge in [-0.1, -0.05) is 53.5 Å². The Morgan fingerprint density at radius 2 is 1.75 bits per heavy atom. The number of halogens is 2. The van der Waals surface area contributed by atoms with E-state index in [1.807, 2.05) is 18.2 Å². The van der Waals surface area contributed by atoms with Crippen molar-refractivity contribution in [1.29, 1.82) is 0 Å². The molecule has 104 valence electrons. The second-order valence-electron chi connectivity index (χ2n) is 4.52. The van der Waals surface area contributed by atoms with Crippen molar-refractivity contribution >= 4 is 34.8 Å². The molecule has 0 aromatic heterocycles. The standard InChI is InChI=1S/C16H15Cl2NO/c17-14-10-9-13(11-15(14)18)19-16(20)8-4-7-12-5-2-1-3-6-12/h1-3,5-6,9-11H,4,7-8H2,(H,19,20). The molecule has 0 aliphatic rings. The molecule has 0 fully saturated rings. The molecule has 0 aliphatic heterocycles. The summed E-state index contributed by atoms with van der Waals surface area (Å²) in [7, 11) is 0. The van der Waals surface area contributed by atoms with E-state index in [1.54, 1.807) is 18.2 Å². The molecular formula is C16H15Cl2NO. The molecule has 0 bridgehead atoms. The summed E-state index contributed by atoms with van der Waals surface area (Å²) in [6, 6.07) is 15.2. The van der Waals surface area contributed by atoms with Gasteiger partial charge in [0.2, 0.25) is 5.91 Å². The number of benzene rings is 2. The fourth-order valence-electron chi connectivity index (χ4n) is 1.90. The maximum atomic E-state index is 11.8. The summed E-state index contributed by atoms with van der Waals surface area (Å²) in [6.45, 7) is 0. The zero-order valence-electron chi connectivity index (χ0n) is 10.9. The predicted octanol–water partition coefficient (Wildman–Crippen LogP) is 4.95. The van der Waals surface area contributed by atoms with Crippen molar-refractivity contribution in [2.75, 3.05) is 5.32 Å². The van der Waals surface area contributed by atoms with Gasteiger partial charge in [0, 0.05) is 12.1 Å². The highest BCUT2D eigenvalue weighted by Crippen LogP contribution is 2.25. The summed E-state index contributed by atoms with van der Waals surface area (Å²) < 4.78 is 0. The van der Waals surface area contributed by atoms with Gasteiger partial charge in [0.25, 0.3) is 0 Å². The summed E-state index contributed by atoms with van der Waals surface area (Å²) in [5.41, 5.74) is 1.92. The largest absolute Gasteiger partial charge is 0.326 e. The van der Waals surface area contributed by atoms with Crippen LogP contribution in [0.1, 0.15) is 18.4 Å². The number of rotatable bonds is 5. The van der Waals surface area contributed by atoms with Gasteiger partial charge in [-0.25, -0.2) is 0 Å². The van der Waals surface area contributed by atoms with E-state index < -0.39 is 0 Å². The normalized spacial score (nSPS) is 10.3. The number of hydrogen-bond acceptors (Lipinski definition) is 1. The number of aryl methyl sites for hydroxylation is 1. The van der Waals surface area contributed by atoms with E-state index in [0.29, 0.717) is 22.2 Å². The predicted molar refractivity (Wildman–Crippen MR) is 84.5 cm³/mol. The van der Waals surface area contributed by atoms with Crippen LogP contribution in [0.15, 0.2) is 48.5 Å². The number of anilines is 1. The Balaban J connectivity index is 1.79. The first kappa shape index (κ1) is 14.9. The van der Waals surface area contributed by atoms with Crippen LogP contribution < -0.4 is 5.32 Å². The van der Waals surface area contributed by atoms with Gasteiger partial charge in [-0.3, -0.25) is 4.79 Å². The highest BCUT2D eigenvalue weighted by Gasteiger charge is 2.04. The Morgan fingerprint density at radius 1 is 1.00 bits per heavy atom. The Bertz CT molecular complexity index is 584. The first-order chi connectivity index (χ1) is 9.65. The van der Waals surface area contributed by atoms with Crippen LogP contribution in [-0.4, -0.2) is 5.91 Å². The Labute approximate surface area is 128 Å². The summed E-state index contributed by atoms with van der Waals surface area (Å²) in [4.78, 5) is 11.8. The molecule has 0 radical (unpaired) electrons. The molecule has 0 heterocycles.